The van der Waals surface area contributed by atoms with Gasteiger partial charge in [0.1, 0.15) is 0 Å². The minimum atomic E-state index is -0.247. The van der Waals surface area contributed by atoms with Gasteiger partial charge in [-0.1, -0.05) is 94.3 Å². The van der Waals surface area contributed by atoms with Gasteiger partial charge in [0.15, 0.2) is 5.78 Å². The van der Waals surface area contributed by atoms with E-state index in [1.807, 2.05) is 43.3 Å². The van der Waals surface area contributed by atoms with Crippen molar-refractivity contribution in [2.45, 2.75) is 11.8 Å². The molecule has 4 aromatic carbocycles. The predicted octanol–water partition coefficient (Wildman–Crippen LogP) is 7.66. The first-order valence-electron chi connectivity index (χ1n) is 12.0. The van der Waals surface area contributed by atoms with Crippen LogP contribution in [-0.4, -0.2) is 29.0 Å². The van der Waals surface area contributed by atoms with Crippen molar-refractivity contribution in [1.29, 1.82) is 0 Å². The molecule has 0 saturated carbocycles. The number of ketones is 1. The average molecular weight is 570 g/mol. The largest absolute Gasteiger partial charge is 0.354 e. The Morgan fingerprint density at radius 1 is 0.838 bits per heavy atom. The monoisotopic (exact) mass is 568 g/mol. The third kappa shape index (κ3) is 5.55. The molecule has 1 heterocycles. The summed E-state index contributed by atoms with van der Waals surface area (Å²) in [6.07, 6.45) is 0. The Morgan fingerprint density at radius 2 is 1.51 bits per heavy atom. The molecule has 1 aromatic heterocycles. The summed E-state index contributed by atoms with van der Waals surface area (Å²) >= 11 is 5.21. The highest BCUT2D eigenvalue weighted by Gasteiger charge is 2.18. The van der Waals surface area contributed by atoms with Crippen molar-refractivity contribution in [3.8, 4) is 11.3 Å². The van der Waals surface area contributed by atoms with E-state index < -0.39 is 0 Å². The highest BCUT2D eigenvalue weighted by Crippen LogP contribution is 2.37. The van der Waals surface area contributed by atoms with Crippen molar-refractivity contribution in [2.24, 2.45) is 0 Å². The SMILES string of the molecule is Cc1ccc(C(=O)c2ccccc2C(=O)NCCSc2c(-c3ccc(Br)cc3)[nH]c3ccccc23)cc1. The van der Waals surface area contributed by atoms with Crippen LogP contribution in [0.25, 0.3) is 22.2 Å². The molecule has 0 spiro atoms. The maximum absolute atomic E-state index is 13.1. The molecule has 4 nitrogen and oxygen atoms in total. The number of H-pyrrole nitrogens is 1. The summed E-state index contributed by atoms with van der Waals surface area (Å²) in [5.74, 6) is 0.285. The van der Waals surface area contributed by atoms with Gasteiger partial charge in [0.25, 0.3) is 5.91 Å². The number of hydrogen-bond donors (Lipinski definition) is 2. The van der Waals surface area contributed by atoms with Crippen LogP contribution in [0.1, 0.15) is 31.8 Å². The van der Waals surface area contributed by atoms with E-state index in [1.54, 1.807) is 48.2 Å². The second-order valence-electron chi connectivity index (χ2n) is 8.73. The van der Waals surface area contributed by atoms with Crippen LogP contribution < -0.4 is 5.32 Å². The molecule has 0 atom stereocenters. The van der Waals surface area contributed by atoms with E-state index in [1.165, 1.54) is 0 Å². The number of amides is 1. The molecule has 2 N–H and O–H groups in total. The van der Waals surface area contributed by atoms with Gasteiger partial charge >= 0.3 is 0 Å². The summed E-state index contributed by atoms with van der Waals surface area (Å²) in [6, 6.07) is 30.9. The lowest BCUT2D eigenvalue weighted by molar-refractivity contribution is 0.0944. The molecule has 184 valence electrons. The Hall–Kier alpha value is -3.61. The van der Waals surface area contributed by atoms with Crippen molar-refractivity contribution in [2.75, 3.05) is 12.3 Å². The van der Waals surface area contributed by atoms with Crippen molar-refractivity contribution in [3.05, 3.63) is 124 Å². The molecule has 0 saturated heterocycles. The number of para-hydroxylation sites is 1. The molecule has 5 rings (SSSR count). The first-order chi connectivity index (χ1) is 18.0. The Kier molecular flexibility index (Phi) is 7.58. The second kappa shape index (κ2) is 11.2. The standard InChI is InChI=1S/C31H25BrN2O2S/c1-20-10-12-22(13-11-20)29(35)24-6-2-3-7-25(24)31(36)33-18-19-37-30-26-8-4-5-9-27(26)34-28(30)21-14-16-23(32)17-15-21/h2-17,34H,18-19H2,1H3,(H,33,36). The number of fused-ring (bicyclic) bond motifs is 1. The van der Waals surface area contributed by atoms with Crippen LogP contribution in [0.15, 0.2) is 106 Å². The van der Waals surface area contributed by atoms with E-state index >= 15 is 0 Å². The lowest BCUT2D eigenvalue weighted by atomic mass is 9.97. The number of nitrogens with one attached hydrogen (secondary N) is 2. The molecule has 0 bridgehead atoms. The highest BCUT2D eigenvalue weighted by atomic mass is 79.9. The summed E-state index contributed by atoms with van der Waals surface area (Å²) in [4.78, 5) is 30.9. The van der Waals surface area contributed by atoms with Crippen molar-refractivity contribution in [3.63, 3.8) is 0 Å². The number of aryl methyl sites for hydroxylation is 1. The van der Waals surface area contributed by atoms with Crippen LogP contribution in [0, 0.1) is 6.92 Å². The molecule has 37 heavy (non-hydrogen) atoms. The van der Waals surface area contributed by atoms with Gasteiger partial charge in [0, 0.05) is 43.7 Å². The zero-order valence-corrected chi connectivity index (χ0v) is 22.7. The third-order valence-electron chi connectivity index (χ3n) is 6.16. The fourth-order valence-corrected chi connectivity index (χ4v) is 5.56. The van der Waals surface area contributed by atoms with Gasteiger partial charge in [-0.05, 0) is 36.8 Å². The number of aromatic amines is 1. The summed E-state index contributed by atoms with van der Waals surface area (Å²) in [5.41, 5.74) is 5.70. The first-order valence-corrected chi connectivity index (χ1v) is 13.8. The molecule has 0 unspecified atom stereocenters. The summed E-state index contributed by atoms with van der Waals surface area (Å²) in [5, 5.41) is 4.16. The number of aromatic nitrogens is 1. The molecule has 0 radical (unpaired) electrons. The fraction of sp³-hybridized carbons (Fsp3) is 0.0968. The number of carbonyl (C=O) groups is 2. The molecular weight excluding hydrogens is 544 g/mol. The number of halogens is 1. The number of benzene rings is 4. The maximum atomic E-state index is 13.1. The topological polar surface area (TPSA) is 62.0 Å². The van der Waals surface area contributed by atoms with Gasteiger partial charge in [0.2, 0.25) is 0 Å². The number of thioether (sulfide) groups is 1. The van der Waals surface area contributed by atoms with Gasteiger partial charge in [-0.2, -0.15) is 0 Å². The van der Waals surface area contributed by atoms with E-state index in [2.05, 4.69) is 50.5 Å². The Balaban J connectivity index is 1.30. The molecule has 5 aromatic rings. The predicted molar refractivity (Wildman–Crippen MR) is 156 cm³/mol. The van der Waals surface area contributed by atoms with E-state index in [0.717, 1.165) is 37.1 Å². The van der Waals surface area contributed by atoms with Gasteiger partial charge < -0.3 is 10.3 Å². The average Bonchev–Trinajstić information content (AvgIpc) is 3.30. The van der Waals surface area contributed by atoms with Crippen molar-refractivity contribution >= 4 is 50.3 Å². The van der Waals surface area contributed by atoms with Crippen LogP contribution in [0.5, 0.6) is 0 Å². The van der Waals surface area contributed by atoms with Crippen LogP contribution in [0.2, 0.25) is 0 Å². The first kappa shape index (κ1) is 25.1. The Morgan fingerprint density at radius 3 is 2.27 bits per heavy atom. The normalized spacial score (nSPS) is 11.0. The maximum Gasteiger partial charge on any atom is 0.252 e. The lowest BCUT2D eigenvalue weighted by Gasteiger charge is -2.10. The number of carbonyl (C=O) groups excluding carboxylic acids is 2. The summed E-state index contributed by atoms with van der Waals surface area (Å²) in [6.45, 7) is 2.45. The Labute approximate surface area is 228 Å². The van der Waals surface area contributed by atoms with E-state index in [4.69, 9.17) is 0 Å². The number of rotatable bonds is 8. The molecule has 0 aliphatic heterocycles. The lowest BCUT2D eigenvalue weighted by Crippen LogP contribution is -2.27. The number of hydrogen-bond acceptors (Lipinski definition) is 3. The van der Waals surface area contributed by atoms with Gasteiger partial charge in [-0.25, -0.2) is 0 Å². The van der Waals surface area contributed by atoms with Crippen LogP contribution in [0.4, 0.5) is 0 Å². The third-order valence-corrected chi connectivity index (χ3v) is 7.81. The fourth-order valence-electron chi connectivity index (χ4n) is 4.24. The van der Waals surface area contributed by atoms with E-state index in [-0.39, 0.29) is 11.7 Å². The van der Waals surface area contributed by atoms with Crippen LogP contribution in [-0.2, 0) is 0 Å². The summed E-state index contributed by atoms with van der Waals surface area (Å²) < 4.78 is 1.03. The van der Waals surface area contributed by atoms with Gasteiger partial charge in [0.05, 0.1) is 11.3 Å². The molecule has 6 heteroatoms. The molecule has 0 aliphatic rings. The van der Waals surface area contributed by atoms with Crippen LogP contribution >= 0.6 is 27.7 Å². The smallest absolute Gasteiger partial charge is 0.252 e. The van der Waals surface area contributed by atoms with E-state index in [9.17, 15) is 9.59 Å². The van der Waals surface area contributed by atoms with Crippen molar-refractivity contribution in [1.82, 2.24) is 10.3 Å². The quantitative estimate of drug-likeness (QED) is 0.115. The summed E-state index contributed by atoms with van der Waals surface area (Å²) in [7, 11) is 0. The zero-order valence-electron chi connectivity index (χ0n) is 20.3. The second-order valence-corrected chi connectivity index (χ2v) is 10.7. The molecule has 0 fully saturated rings. The zero-order chi connectivity index (χ0) is 25.8. The van der Waals surface area contributed by atoms with Crippen LogP contribution in [0.3, 0.4) is 0 Å². The molecule has 0 aliphatic carbocycles. The van der Waals surface area contributed by atoms with Gasteiger partial charge in [-0.3, -0.25) is 9.59 Å². The minimum absolute atomic E-state index is 0.155. The van der Waals surface area contributed by atoms with E-state index in [0.29, 0.717) is 29.0 Å². The Bertz CT molecular complexity index is 1570. The van der Waals surface area contributed by atoms with Crippen molar-refractivity contribution < 1.29 is 9.59 Å². The highest BCUT2D eigenvalue weighted by molar-refractivity contribution is 9.10. The molecule has 1 amide bonds. The minimum Gasteiger partial charge on any atom is -0.354 e. The van der Waals surface area contributed by atoms with Gasteiger partial charge in [-0.15, -0.1) is 11.8 Å². The molecular formula is C31H25BrN2O2S.